The Morgan fingerprint density at radius 3 is 2.47 bits per heavy atom. The lowest BCUT2D eigenvalue weighted by atomic mass is 10.2. The highest BCUT2D eigenvalue weighted by Gasteiger charge is 2.21. The molecule has 0 unspecified atom stereocenters. The average Bonchev–Trinajstić information content (AvgIpc) is 2.75. The summed E-state index contributed by atoms with van der Waals surface area (Å²) in [7, 11) is 3.55. The van der Waals surface area contributed by atoms with Gasteiger partial charge in [0.2, 0.25) is 5.88 Å². The number of halogens is 1. The zero-order valence-electron chi connectivity index (χ0n) is 18.2. The fourth-order valence-corrected chi connectivity index (χ4v) is 3.39. The molecule has 0 amide bonds. The molecule has 3 rings (SSSR count). The fourth-order valence-electron chi connectivity index (χ4n) is 3.39. The molecule has 1 fully saturated rings. The Morgan fingerprint density at radius 1 is 1.13 bits per heavy atom. The number of aliphatic imine (C=N–C) groups is 1. The second-order valence-electron chi connectivity index (χ2n) is 7.22. The summed E-state index contributed by atoms with van der Waals surface area (Å²) >= 11 is 0. The number of guanidine groups is 1. The van der Waals surface area contributed by atoms with Crippen LogP contribution in [0.5, 0.6) is 11.6 Å². The van der Waals surface area contributed by atoms with Crippen molar-refractivity contribution in [3.63, 3.8) is 0 Å². The number of methoxy groups -OCH3 is 1. The summed E-state index contributed by atoms with van der Waals surface area (Å²) in [4.78, 5) is 13.5. The van der Waals surface area contributed by atoms with Crippen molar-refractivity contribution in [3.8, 4) is 11.6 Å². The van der Waals surface area contributed by atoms with Gasteiger partial charge in [-0.2, -0.15) is 0 Å². The lowest BCUT2D eigenvalue weighted by Crippen LogP contribution is -2.52. The third-order valence-electron chi connectivity index (χ3n) is 4.82. The molecule has 0 spiro atoms. The van der Waals surface area contributed by atoms with Gasteiger partial charge >= 0.3 is 0 Å². The van der Waals surface area contributed by atoms with Crippen molar-refractivity contribution >= 4 is 35.6 Å². The first-order valence-corrected chi connectivity index (χ1v) is 10.1. The Balaban J connectivity index is 0.00000320. The molecule has 0 atom stereocenters. The topological polar surface area (TPSA) is 62.2 Å². The molecule has 1 N–H and O–H groups in total. The van der Waals surface area contributed by atoms with Gasteiger partial charge in [-0.25, -0.2) is 4.98 Å². The van der Waals surface area contributed by atoms with Gasteiger partial charge in [-0.3, -0.25) is 4.99 Å². The van der Waals surface area contributed by atoms with Crippen LogP contribution in [0.1, 0.15) is 19.4 Å². The summed E-state index contributed by atoms with van der Waals surface area (Å²) in [5, 5.41) is 3.44. The molecule has 2 aromatic rings. The summed E-state index contributed by atoms with van der Waals surface area (Å²) in [5.74, 6) is 2.48. The van der Waals surface area contributed by atoms with Crippen LogP contribution in [0, 0.1) is 0 Å². The maximum atomic E-state index is 5.60. The van der Waals surface area contributed by atoms with Crippen LogP contribution in [-0.2, 0) is 6.54 Å². The fraction of sp³-hybridized carbons (Fsp3) is 0.455. The Morgan fingerprint density at radius 2 is 1.87 bits per heavy atom. The van der Waals surface area contributed by atoms with E-state index in [0.717, 1.165) is 49.1 Å². The van der Waals surface area contributed by atoms with Gasteiger partial charge in [0.15, 0.2) is 5.96 Å². The number of ether oxygens (including phenoxy) is 2. The third-order valence-corrected chi connectivity index (χ3v) is 4.82. The van der Waals surface area contributed by atoms with Crippen molar-refractivity contribution in [2.75, 3.05) is 45.2 Å². The number of hydrogen-bond acceptors (Lipinski definition) is 5. The van der Waals surface area contributed by atoms with Crippen LogP contribution in [0.25, 0.3) is 0 Å². The van der Waals surface area contributed by atoms with E-state index < -0.39 is 0 Å². The number of benzene rings is 1. The molecule has 1 saturated heterocycles. The van der Waals surface area contributed by atoms with Gasteiger partial charge in [0, 0.05) is 52.0 Å². The van der Waals surface area contributed by atoms with Gasteiger partial charge in [0.25, 0.3) is 0 Å². The highest BCUT2D eigenvalue weighted by atomic mass is 127. The van der Waals surface area contributed by atoms with E-state index in [9.17, 15) is 0 Å². The highest BCUT2D eigenvalue weighted by Crippen LogP contribution is 2.28. The number of nitrogens with one attached hydrogen (secondary N) is 1. The minimum atomic E-state index is 0. The van der Waals surface area contributed by atoms with Crippen LogP contribution < -0.4 is 19.7 Å². The number of para-hydroxylation sites is 2. The van der Waals surface area contributed by atoms with Crippen molar-refractivity contribution in [1.82, 2.24) is 15.2 Å². The van der Waals surface area contributed by atoms with E-state index in [2.05, 4.69) is 37.2 Å². The minimum absolute atomic E-state index is 0. The molecular formula is C22H32IN5O2. The zero-order valence-corrected chi connectivity index (χ0v) is 20.5. The molecule has 30 heavy (non-hydrogen) atoms. The number of rotatable bonds is 6. The third kappa shape index (κ3) is 6.38. The average molecular weight is 525 g/mol. The van der Waals surface area contributed by atoms with Gasteiger partial charge in [-0.1, -0.05) is 18.2 Å². The Bertz CT molecular complexity index is 805. The molecule has 8 heteroatoms. The van der Waals surface area contributed by atoms with Gasteiger partial charge < -0.3 is 24.6 Å². The van der Waals surface area contributed by atoms with Gasteiger partial charge in [-0.05, 0) is 31.5 Å². The molecule has 0 aliphatic carbocycles. The molecule has 0 bridgehead atoms. The quantitative estimate of drug-likeness (QED) is 0.355. The van der Waals surface area contributed by atoms with Crippen LogP contribution in [0.3, 0.4) is 0 Å². The molecule has 1 aromatic heterocycles. The Labute approximate surface area is 196 Å². The van der Waals surface area contributed by atoms with E-state index in [1.807, 2.05) is 51.4 Å². The SMILES string of the molecule is CN=C(NCc1ccc(OC(C)C)nc1)N1CCN(c2ccccc2OC)CC1.I. The molecule has 0 saturated carbocycles. The largest absolute Gasteiger partial charge is 0.495 e. The molecule has 1 aliphatic rings. The second kappa shape index (κ2) is 11.8. The Hall–Kier alpha value is -2.23. The number of hydrogen-bond donors (Lipinski definition) is 1. The number of aromatic nitrogens is 1. The van der Waals surface area contributed by atoms with Gasteiger partial charge in [-0.15, -0.1) is 24.0 Å². The molecule has 2 heterocycles. The zero-order chi connectivity index (χ0) is 20.6. The molecule has 164 valence electrons. The van der Waals surface area contributed by atoms with E-state index in [-0.39, 0.29) is 30.1 Å². The van der Waals surface area contributed by atoms with Crippen molar-refractivity contribution < 1.29 is 9.47 Å². The summed E-state index contributed by atoms with van der Waals surface area (Å²) in [6.45, 7) is 8.31. The highest BCUT2D eigenvalue weighted by molar-refractivity contribution is 14.0. The van der Waals surface area contributed by atoms with E-state index in [0.29, 0.717) is 12.4 Å². The Kier molecular flexibility index (Phi) is 9.48. The van der Waals surface area contributed by atoms with Crippen LogP contribution in [0.2, 0.25) is 0 Å². The van der Waals surface area contributed by atoms with Crippen LogP contribution in [-0.4, -0.2) is 62.3 Å². The van der Waals surface area contributed by atoms with Crippen LogP contribution >= 0.6 is 24.0 Å². The number of pyridine rings is 1. The molecule has 7 nitrogen and oxygen atoms in total. The van der Waals surface area contributed by atoms with Crippen molar-refractivity contribution in [2.45, 2.75) is 26.5 Å². The van der Waals surface area contributed by atoms with Crippen LogP contribution in [0.4, 0.5) is 5.69 Å². The first-order chi connectivity index (χ1) is 14.1. The summed E-state index contributed by atoms with van der Waals surface area (Å²) < 4.78 is 11.1. The van der Waals surface area contributed by atoms with Crippen molar-refractivity contribution in [1.29, 1.82) is 0 Å². The monoisotopic (exact) mass is 525 g/mol. The first kappa shape index (κ1) is 24.0. The normalized spacial score (nSPS) is 14.4. The van der Waals surface area contributed by atoms with Crippen molar-refractivity contribution in [2.24, 2.45) is 4.99 Å². The molecular weight excluding hydrogens is 493 g/mol. The van der Waals surface area contributed by atoms with E-state index in [1.165, 1.54) is 0 Å². The minimum Gasteiger partial charge on any atom is -0.495 e. The van der Waals surface area contributed by atoms with E-state index >= 15 is 0 Å². The smallest absolute Gasteiger partial charge is 0.213 e. The van der Waals surface area contributed by atoms with Gasteiger partial charge in [0.05, 0.1) is 18.9 Å². The number of piperazine rings is 1. The molecule has 0 radical (unpaired) electrons. The maximum absolute atomic E-state index is 5.60. The first-order valence-electron chi connectivity index (χ1n) is 10.1. The lowest BCUT2D eigenvalue weighted by molar-refractivity contribution is 0.232. The second-order valence-corrected chi connectivity index (χ2v) is 7.22. The predicted octanol–water partition coefficient (Wildman–Crippen LogP) is 3.39. The molecule has 1 aromatic carbocycles. The van der Waals surface area contributed by atoms with Crippen LogP contribution in [0.15, 0.2) is 47.6 Å². The van der Waals surface area contributed by atoms with Crippen molar-refractivity contribution in [3.05, 3.63) is 48.2 Å². The van der Waals surface area contributed by atoms with E-state index in [4.69, 9.17) is 9.47 Å². The maximum Gasteiger partial charge on any atom is 0.213 e. The number of nitrogens with zero attached hydrogens (tertiary/aromatic N) is 4. The summed E-state index contributed by atoms with van der Waals surface area (Å²) in [5.41, 5.74) is 2.24. The summed E-state index contributed by atoms with van der Waals surface area (Å²) in [6.07, 6.45) is 1.97. The molecule has 1 aliphatic heterocycles. The predicted molar refractivity (Wildman–Crippen MR) is 132 cm³/mol. The lowest BCUT2D eigenvalue weighted by Gasteiger charge is -2.38. The van der Waals surface area contributed by atoms with Gasteiger partial charge in [0.1, 0.15) is 5.75 Å². The number of anilines is 1. The van der Waals surface area contributed by atoms with E-state index in [1.54, 1.807) is 7.11 Å². The summed E-state index contributed by atoms with van der Waals surface area (Å²) in [6, 6.07) is 12.1. The standard InChI is InChI=1S/C22H31N5O2.HI/c1-17(2)29-21-10-9-18(15-24-21)16-25-22(23-3)27-13-11-26(12-14-27)19-7-5-6-8-20(19)28-4;/h5-10,15,17H,11-14,16H2,1-4H3,(H,23,25);1H.